The molecule has 1 aliphatic heterocycles. The van der Waals surface area contributed by atoms with Crippen molar-refractivity contribution in [1.82, 2.24) is 9.97 Å². The number of carboxylic acid groups (broad SMARTS) is 1. The number of fused-ring (bicyclic) bond motifs is 1. The van der Waals surface area contributed by atoms with Crippen molar-refractivity contribution < 1.29 is 14.6 Å². The molecule has 4 rings (SSSR count). The topological polar surface area (TPSA) is 87.6 Å². The van der Waals surface area contributed by atoms with E-state index in [0.717, 1.165) is 35.5 Å². The highest BCUT2D eigenvalue weighted by Gasteiger charge is 2.24. The first-order valence-electron chi connectivity index (χ1n) is 9.80. The van der Waals surface area contributed by atoms with Gasteiger partial charge in [-0.25, -0.2) is 14.8 Å². The van der Waals surface area contributed by atoms with Gasteiger partial charge >= 0.3 is 5.97 Å². The van der Waals surface area contributed by atoms with Crippen molar-refractivity contribution in [2.45, 2.75) is 20.3 Å². The third kappa shape index (κ3) is 3.61. The first-order chi connectivity index (χ1) is 14.1. The Labute approximate surface area is 169 Å². The normalized spacial score (nSPS) is 14.2. The second kappa shape index (κ2) is 8.05. The van der Waals surface area contributed by atoms with Crippen LogP contribution >= 0.6 is 0 Å². The van der Waals surface area contributed by atoms with Crippen molar-refractivity contribution in [2.24, 2.45) is 0 Å². The lowest BCUT2D eigenvalue weighted by Gasteiger charge is -2.29. The number of hydrogen-bond donors (Lipinski definition) is 2. The highest BCUT2D eigenvalue weighted by Crippen LogP contribution is 2.35. The van der Waals surface area contributed by atoms with Gasteiger partial charge in [-0.15, -0.1) is 0 Å². The Morgan fingerprint density at radius 1 is 1.24 bits per heavy atom. The molecule has 3 aromatic rings. The highest BCUT2D eigenvalue weighted by atomic mass is 16.5. The number of rotatable bonds is 5. The maximum absolute atomic E-state index is 12.2. The van der Waals surface area contributed by atoms with Crippen molar-refractivity contribution in [3.8, 4) is 0 Å². The first-order valence-corrected chi connectivity index (χ1v) is 9.80. The summed E-state index contributed by atoms with van der Waals surface area (Å²) in [6, 6.07) is 9.66. The summed E-state index contributed by atoms with van der Waals surface area (Å²) in [4.78, 5) is 23.7. The quantitative estimate of drug-likeness (QED) is 0.683. The predicted molar refractivity (Wildman–Crippen MR) is 113 cm³/mol. The number of morpholine rings is 1. The SMILES string of the molecule is CCc1nc2c(N3CCOCC3)nccc2c(Nc2ccccc2C)c1C(=O)O. The molecule has 0 unspecified atom stereocenters. The Kier molecular flexibility index (Phi) is 5.31. The molecule has 7 heteroatoms. The van der Waals surface area contributed by atoms with Gasteiger partial charge in [0.1, 0.15) is 11.1 Å². The Morgan fingerprint density at radius 2 is 2.00 bits per heavy atom. The summed E-state index contributed by atoms with van der Waals surface area (Å²) in [7, 11) is 0. The molecule has 0 amide bonds. The summed E-state index contributed by atoms with van der Waals surface area (Å²) in [5, 5.41) is 14.1. The highest BCUT2D eigenvalue weighted by molar-refractivity contribution is 6.08. The molecule has 0 saturated carbocycles. The molecule has 150 valence electrons. The molecule has 3 heterocycles. The Balaban J connectivity index is 1.96. The largest absolute Gasteiger partial charge is 0.478 e. The molecule has 0 spiro atoms. The molecule has 7 nitrogen and oxygen atoms in total. The van der Waals surface area contributed by atoms with Gasteiger partial charge < -0.3 is 20.1 Å². The van der Waals surface area contributed by atoms with E-state index >= 15 is 0 Å². The predicted octanol–water partition coefficient (Wildman–Crippen LogP) is 3.78. The van der Waals surface area contributed by atoms with Crippen LogP contribution in [0.1, 0.15) is 28.5 Å². The fraction of sp³-hybridized carbons (Fsp3) is 0.318. The second-order valence-electron chi connectivity index (χ2n) is 7.04. The van der Waals surface area contributed by atoms with Gasteiger partial charge in [0, 0.05) is 30.4 Å². The molecular formula is C22H24N4O3. The van der Waals surface area contributed by atoms with Gasteiger partial charge in [-0.05, 0) is 31.0 Å². The fourth-order valence-corrected chi connectivity index (χ4v) is 3.70. The van der Waals surface area contributed by atoms with Crippen LogP contribution in [0.25, 0.3) is 10.9 Å². The molecule has 29 heavy (non-hydrogen) atoms. The molecule has 0 atom stereocenters. The Hall–Kier alpha value is -3.19. The third-order valence-corrected chi connectivity index (χ3v) is 5.22. The smallest absolute Gasteiger partial charge is 0.339 e. The van der Waals surface area contributed by atoms with Crippen LogP contribution in [0.4, 0.5) is 17.2 Å². The van der Waals surface area contributed by atoms with Gasteiger partial charge in [0.25, 0.3) is 0 Å². The lowest BCUT2D eigenvalue weighted by atomic mass is 10.0. The fourth-order valence-electron chi connectivity index (χ4n) is 3.70. The average Bonchev–Trinajstić information content (AvgIpc) is 2.74. The van der Waals surface area contributed by atoms with Crippen LogP contribution in [0.15, 0.2) is 36.5 Å². The molecule has 0 aliphatic carbocycles. The van der Waals surface area contributed by atoms with Gasteiger partial charge in [-0.3, -0.25) is 0 Å². The van der Waals surface area contributed by atoms with Gasteiger partial charge in [-0.2, -0.15) is 0 Å². The monoisotopic (exact) mass is 392 g/mol. The lowest BCUT2D eigenvalue weighted by molar-refractivity contribution is 0.0696. The van der Waals surface area contributed by atoms with E-state index in [9.17, 15) is 9.90 Å². The van der Waals surface area contributed by atoms with E-state index in [-0.39, 0.29) is 5.56 Å². The zero-order chi connectivity index (χ0) is 20.4. The van der Waals surface area contributed by atoms with Crippen molar-refractivity contribution in [3.63, 3.8) is 0 Å². The van der Waals surface area contributed by atoms with E-state index in [2.05, 4.69) is 15.2 Å². The molecule has 1 saturated heterocycles. The van der Waals surface area contributed by atoms with Crippen molar-refractivity contribution in [2.75, 3.05) is 36.5 Å². The van der Waals surface area contributed by atoms with E-state index in [1.165, 1.54) is 0 Å². The molecule has 0 bridgehead atoms. The molecule has 2 aromatic heterocycles. The number of aryl methyl sites for hydroxylation is 2. The number of aromatic nitrogens is 2. The number of carboxylic acids is 1. The van der Waals surface area contributed by atoms with Crippen LogP contribution in [0.3, 0.4) is 0 Å². The van der Waals surface area contributed by atoms with Crippen LogP contribution in [-0.2, 0) is 11.2 Å². The Bertz CT molecular complexity index is 1060. The lowest BCUT2D eigenvalue weighted by Crippen LogP contribution is -2.37. The summed E-state index contributed by atoms with van der Waals surface area (Å²) in [6.45, 7) is 6.66. The van der Waals surface area contributed by atoms with E-state index in [1.54, 1.807) is 6.20 Å². The first kappa shape index (κ1) is 19.1. The molecular weight excluding hydrogens is 368 g/mol. The number of pyridine rings is 2. The maximum atomic E-state index is 12.2. The summed E-state index contributed by atoms with van der Waals surface area (Å²) in [5.74, 6) is -0.220. The van der Waals surface area contributed by atoms with Crippen LogP contribution in [0, 0.1) is 6.92 Å². The summed E-state index contributed by atoms with van der Waals surface area (Å²) >= 11 is 0. The summed E-state index contributed by atoms with van der Waals surface area (Å²) in [5.41, 5.74) is 3.94. The van der Waals surface area contributed by atoms with Crippen LogP contribution < -0.4 is 10.2 Å². The van der Waals surface area contributed by atoms with Crippen molar-refractivity contribution in [3.05, 3.63) is 53.3 Å². The van der Waals surface area contributed by atoms with E-state index in [4.69, 9.17) is 9.72 Å². The minimum atomic E-state index is -0.989. The maximum Gasteiger partial charge on any atom is 0.339 e. The van der Waals surface area contributed by atoms with Crippen molar-refractivity contribution >= 4 is 34.1 Å². The van der Waals surface area contributed by atoms with Crippen LogP contribution in [0.2, 0.25) is 0 Å². The van der Waals surface area contributed by atoms with Gasteiger partial charge in [-0.1, -0.05) is 25.1 Å². The minimum Gasteiger partial charge on any atom is -0.478 e. The average molecular weight is 392 g/mol. The number of carbonyl (C=O) groups is 1. The molecule has 0 radical (unpaired) electrons. The molecule has 2 N–H and O–H groups in total. The van der Waals surface area contributed by atoms with E-state index in [0.29, 0.717) is 36.5 Å². The number of para-hydroxylation sites is 1. The van der Waals surface area contributed by atoms with E-state index < -0.39 is 5.97 Å². The van der Waals surface area contributed by atoms with Crippen molar-refractivity contribution in [1.29, 1.82) is 0 Å². The summed E-state index contributed by atoms with van der Waals surface area (Å²) in [6.07, 6.45) is 2.23. The number of ether oxygens (including phenoxy) is 1. The van der Waals surface area contributed by atoms with Gasteiger partial charge in [0.2, 0.25) is 0 Å². The number of hydrogen-bond acceptors (Lipinski definition) is 6. The summed E-state index contributed by atoms with van der Waals surface area (Å²) < 4.78 is 5.46. The van der Waals surface area contributed by atoms with E-state index in [1.807, 2.05) is 44.2 Å². The number of aromatic carboxylic acids is 1. The Morgan fingerprint density at radius 3 is 2.69 bits per heavy atom. The number of anilines is 3. The standard InChI is InChI=1S/C22H24N4O3/c1-3-16-18(22(27)28)19(25-17-7-5-4-6-14(17)2)15-8-9-23-21(20(15)24-16)26-10-12-29-13-11-26/h4-9H,3,10-13H2,1-2H3,(H,24,25)(H,27,28). The van der Waals surface area contributed by atoms with Crippen LogP contribution in [-0.4, -0.2) is 47.3 Å². The molecule has 1 aromatic carbocycles. The van der Waals surface area contributed by atoms with Crippen LogP contribution in [0.5, 0.6) is 0 Å². The third-order valence-electron chi connectivity index (χ3n) is 5.22. The molecule has 1 aliphatic rings. The number of benzene rings is 1. The molecule has 1 fully saturated rings. The van der Waals surface area contributed by atoms with Gasteiger partial charge in [0.05, 0.1) is 24.6 Å². The zero-order valence-corrected chi connectivity index (χ0v) is 16.6. The zero-order valence-electron chi connectivity index (χ0n) is 16.6. The number of nitrogens with one attached hydrogen (secondary N) is 1. The second-order valence-corrected chi connectivity index (χ2v) is 7.04. The number of nitrogens with zero attached hydrogens (tertiary/aromatic N) is 3. The minimum absolute atomic E-state index is 0.211. The van der Waals surface area contributed by atoms with Gasteiger partial charge in [0.15, 0.2) is 5.82 Å².